The van der Waals surface area contributed by atoms with Crippen LogP contribution in [0.1, 0.15) is 40.4 Å². The van der Waals surface area contributed by atoms with Crippen LogP contribution < -0.4 is 15.8 Å². The summed E-state index contributed by atoms with van der Waals surface area (Å²) in [5.74, 6) is 1.18. The number of amides is 1. The van der Waals surface area contributed by atoms with Gasteiger partial charge in [-0.2, -0.15) is 4.37 Å². The number of nitrogens with one attached hydrogen (secondary N) is 1. The zero-order valence-electron chi connectivity index (χ0n) is 13.1. The number of rotatable bonds is 4. The van der Waals surface area contributed by atoms with Crippen molar-refractivity contribution in [3.63, 3.8) is 0 Å². The van der Waals surface area contributed by atoms with Crippen molar-refractivity contribution in [1.82, 2.24) is 9.69 Å². The summed E-state index contributed by atoms with van der Waals surface area (Å²) < 4.78 is 9.51. The van der Waals surface area contributed by atoms with E-state index in [1.807, 2.05) is 12.1 Å². The minimum Gasteiger partial charge on any atom is -0.493 e. The smallest absolute Gasteiger partial charge is 0.256 e. The molecule has 126 valence electrons. The van der Waals surface area contributed by atoms with Gasteiger partial charge in [-0.1, -0.05) is 6.07 Å². The van der Waals surface area contributed by atoms with Crippen LogP contribution in [0.15, 0.2) is 23.6 Å². The van der Waals surface area contributed by atoms with Gasteiger partial charge in [-0.3, -0.25) is 4.79 Å². The van der Waals surface area contributed by atoms with Gasteiger partial charge >= 0.3 is 0 Å². The number of nitrogen functional groups attached to an aromatic ring is 1. The molecule has 1 aliphatic heterocycles. The van der Waals surface area contributed by atoms with Gasteiger partial charge in [0.25, 0.3) is 5.91 Å². The van der Waals surface area contributed by atoms with Crippen LogP contribution >= 0.6 is 11.5 Å². The second-order valence-electron chi connectivity index (χ2n) is 6.42. The molecule has 1 aromatic heterocycles. The van der Waals surface area contributed by atoms with E-state index in [-0.39, 0.29) is 29.8 Å². The second-order valence-corrected chi connectivity index (χ2v) is 7.04. The Morgan fingerprint density at radius 2 is 2.29 bits per heavy atom. The largest absolute Gasteiger partial charge is 0.493 e. The van der Waals surface area contributed by atoms with E-state index in [9.17, 15) is 9.90 Å². The van der Waals surface area contributed by atoms with Gasteiger partial charge in [0.15, 0.2) is 0 Å². The van der Waals surface area contributed by atoms with Crippen molar-refractivity contribution in [2.24, 2.45) is 5.92 Å². The van der Waals surface area contributed by atoms with E-state index in [1.165, 1.54) is 17.1 Å². The fourth-order valence-electron chi connectivity index (χ4n) is 3.41. The first-order valence-electron chi connectivity index (χ1n) is 8.06. The molecule has 1 fully saturated rings. The number of benzene rings is 1. The third kappa shape index (κ3) is 2.74. The molecule has 4 rings (SSSR count). The molecule has 2 aromatic rings. The molecule has 6 nitrogen and oxygen atoms in total. The number of carbonyl (C=O) groups excluding carboxylic acids is 1. The molecule has 7 heteroatoms. The summed E-state index contributed by atoms with van der Waals surface area (Å²) >= 11 is 1.17. The Hall–Kier alpha value is -2.12. The highest BCUT2D eigenvalue weighted by molar-refractivity contribution is 7.04. The van der Waals surface area contributed by atoms with Gasteiger partial charge in [-0.15, -0.1) is 0 Å². The molecule has 1 unspecified atom stereocenters. The van der Waals surface area contributed by atoms with Crippen molar-refractivity contribution in [2.75, 3.05) is 12.3 Å². The molecule has 1 aliphatic carbocycles. The molecule has 0 saturated heterocycles. The van der Waals surface area contributed by atoms with E-state index in [4.69, 9.17) is 10.5 Å². The molecule has 0 bridgehead atoms. The number of nitrogens with two attached hydrogens (primary N) is 1. The molecule has 1 aromatic carbocycles. The maximum Gasteiger partial charge on any atom is 0.256 e. The van der Waals surface area contributed by atoms with E-state index in [0.29, 0.717) is 25.0 Å². The standard InChI is InChI=1S/C17H19N3O3S/c18-16-13(8-24-20-16)17(22)19-15(11-6-12(21)7-11)10-1-2-14-9(5-10)3-4-23-14/h1-2,5,8,11-12,15,21H,3-4,6-7H2,(H2,18,20)(H,19,22). The normalized spacial score (nSPS) is 23.0. The summed E-state index contributed by atoms with van der Waals surface area (Å²) in [4.78, 5) is 12.6. The molecule has 24 heavy (non-hydrogen) atoms. The number of aliphatic hydroxyl groups excluding tert-OH is 1. The molecule has 4 N–H and O–H groups in total. The van der Waals surface area contributed by atoms with Crippen LogP contribution in [0.5, 0.6) is 5.75 Å². The van der Waals surface area contributed by atoms with E-state index < -0.39 is 0 Å². The van der Waals surface area contributed by atoms with Crippen LogP contribution in [-0.2, 0) is 6.42 Å². The van der Waals surface area contributed by atoms with Crippen molar-refractivity contribution < 1.29 is 14.6 Å². The monoisotopic (exact) mass is 345 g/mol. The van der Waals surface area contributed by atoms with Crippen LogP contribution in [0.3, 0.4) is 0 Å². The zero-order chi connectivity index (χ0) is 16.7. The Labute approximate surface area is 143 Å². The van der Waals surface area contributed by atoms with E-state index in [2.05, 4.69) is 15.8 Å². The summed E-state index contributed by atoms with van der Waals surface area (Å²) in [6.07, 6.45) is 1.99. The van der Waals surface area contributed by atoms with Crippen LogP contribution in [0.4, 0.5) is 5.82 Å². The molecule has 1 amide bonds. The number of fused-ring (bicyclic) bond motifs is 1. The number of hydrogen-bond acceptors (Lipinski definition) is 6. The molecule has 2 aliphatic rings. The summed E-state index contributed by atoms with van der Waals surface area (Å²) in [6.45, 7) is 0.703. The lowest BCUT2D eigenvalue weighted by atomic mass is 9.74. The van der Waals surface area contributed by atoms with Crippen molar-refractivity contribution in [3.8, 4) is 5.75 Å². The summed E-state index contributed by atoms with van der Waals surface area (Å²) in [6, 6.07) is 5.92. The Bertz CT molecular complexity index is 770. The van der Waals surface area contributed by atoms with Crippen molar-refractivity contribution in [1.29, 1.82) is 0 Å². The average molecular weight is 345 g/mol. The third-order valence-electron chi connectivity index (χ3n) is 4.82. The van der Waals surface area contributed by atoms with Crippen molar-refractivity contribution in [3.05, 3.63) is 40.3 Å². The number of ether oxygens (including phenoxy) is 1. The molecule has 0 spiro atoms. The Kier molecular flexibility index (Phi) is 3.90. The van der Waals surface area contributed by atoms with Gasteiger partial charge in [-0.05, 0) is 53.6 Å². The summed E-state index contributed by atoms with van der Waals surface area (Å²) in [5, 5.41) is 14.4. The number of aromatic nitrogens is 1. The second kappa shape index (κ2) is 6.07. The highest BCUT2D eigenvalue weighted by Gasteiger charge is 2.36. The number of aliphatic hydroxyl groups is 1. The lowest BCUT2D eigenvalue weighted by Gasteiger charge is -2.38. The minimum atomic E-state index is -0.278. The number of anilines is 1. The molecular formula is C17H19N3O3S. The van der Waals surface area contributed by atoms with Crippen molar-refractivity contribution >= 4 is 23.3 Å². The molecule has 0 radical (unpaired) electrons. The van der Waals surface area contributed by atoms with Gasteiger partial charge in [-0.25, -0.2) is 0 Å². The Balaban J connectivity index is 1.60. The van der Waals surface area contributed by atoms with Crippen molar-refractivity contribution in [2.45, 2.75) is 31.4 Å². The van der Waals surface area contributed by atoms with Crippen LogP contribution in [-0.4, -0.2) is 28.1 Å². The number of nitrogens with zero attached hydrogens (tertiary/aromatic N) is 1. The first kappa shape index (κ1) is 15.4. The summed E-state index contributed by atoms with van der Waals surface area (Å²) in [7, 11) is 0. The molecule has 2 heterocycles. The fraction of sp³-hybridized carbons (Fsp3) is 0.412. The highest BCUT2D eigenvalue weighted by Crippen LogP contribution is 2.40. The first-order chi connectivity index (χ1) is 11.6. The fourth-order valence-corrected chi connectivity index (χ4v) is 4.01. The Morgan fingerprint density at radius 1 is 1.46 bits per heavy atom. The Morgan fingerprint density at radius 3 is 3.00 bits per heavy atom. The lowest BCUT2D eigenvalue weighted by molar-refractivity contribution is 0.0235. The lowest BCUT2D eigenvalue weighted by Crippen LogP contribution is -2.41. The van der Waals surface area contributed by atoms with Gasteiger partial charge in [0.1, 0.15) is 11.6 Å². The molecule has 1 saturated carbocycles. The maximum atomic E-state index is 12.6. The predicted molar refractivity (Wildman–Crippen MR) is 91.1 cm³/mol. The summed E-state index contributed by atoms with van der Waals surface area (Å²) in [5.41, 5.74) is 8.38. The van der Waals surface area contributed by atoms with Crippen LogP contribution in [0, 0.1) is 5.92 Å². The van der Waals surface area contributed by atoms with Gasteiger partial charge in [0.05, 0.1) is 24.3 Å². The average Bonchev–Trinajstić information content (AvgIpc) is 3.17. The third-order valence-corrected chi connectivity index (χ3v) is 5.47. The SMILES string of the molecule is Nc1nscc1C(=O)NC(c1ccc2c(c1)CCO2)C1CC(O)C1. The number of carbonyl (C=O) groups is 1. The minimum absolute atomic E-state index is 0.147. The highest BCUT2D eigenvalue weighted by atomic mass is 32.1. The van der Waals surface area contributed by atoms with Gasteiger partial charge < -0.3 is 20.9 Å². The van der Waals surface area contributed by atoms with Gasteiger partial charge in [0, 0.05) is 11.8 Å². The van der Waals surface area contributed by atoms with Crippen LogP contribution in [0.2, 0.25) is 0 Å². The topological polar surface area (TPSA) is 97.5 Å². The van der Waals surface area contributed by atoms with Crippen LogP contribution in [0.25, 0.3) is 0 Å². The van der Waals surface area contributed by atoms with E-state index in [0.717, 1.165) is 17.7 Å². The van der Waals surface area contributed by atoms with Gasteiger partial charge in [0.2, 0.25) is 0 Å². The van der Waals surface area contributed by atoms with E-state index in [1.54, 1.807) is 5.38 Å². The van der Waals surface area contributed by atoms with E-state index >= 15 is 0 Å². The molecular weight excluding hydrogens is 326 g/mol. The first-order valence-corrected chi connectivity index (χ1v) is 8.90. The zero-order valence-corrected chi connectivity index (χ0v) is 13.9. The number of hydrogen-bond donors (Lipinski definition) is 3. The molecule has 1 atom stereocenters. The quantitative estimate of drug-likeness (QED) is 0.786. The maximum absolute atomic E-state index is 12.6. The predicted octanol–water partition coefficient (Wildman–Crippen LogP) is 1.90.